The van der Waals surface area contributed by atoms with Crippen LogP contribution in [0.25, 0.3) is 0 Å². The maximum atomic E-state index is 12.8. The molecular weight excluding hydrogens is 284 g/mol. The molecule has 0 aliphatic heterocycles. The van der Waals surface area contributed by atoms with E-state index in [-0.39, 0.29) is 11.8 Å². The van der Waals surface area contributed by atoms with Crippen LogP contribution in [0.2, 0.25) is 5.02 Å². The van der Waals surface area contributed by atoms with E-state index in [4.69, 9.17) is 17.3 Å². The van der Waals surface area contributed by atoms with E-state index in [0.29, 0.717) is 28.2 Å². The first-order chi connectivity index (χ1) is 10.1. The van der Waals surface area contributed by atoms with Gasteiger partial charge in [0.15, 0.2) is 0 Å². The largest absolute Gasteiger partial charge is 0.397 e. The monoisotopic (exact) mass is 304 g/mol. The highest BCUT2D eigenvalue weighted by atomic mass is 35.5. The van der Waals surface area contributed by atoms with Crippen LogP contribution in [0.15, 0.2) is 18.2 Å². The Hall–Kier alpha value is -1.22. The Morgan fingerprint density at radius 2 is 1.71 bits per heavy atom. The summed E-state index contributed by atoms with van der Waals surface area (Å²) in [6.07, 6.45) is 6.39. The highest BCUT2D eigenvalue weighted by Gasteiger charge is 2.50. The molecule has 4 aliphatic carbocycles. The van der Waals surface area contributed by atoms with Crippen LogP contribution in [-0.4, -0.2) is 5.91 Å². The van der Waals surface area contributed by atoms with E-state index >= 15 is 0 Å². The van der Waals surface area contributed by atoms with Gasteiger partial charge in [-0.15, -0.1) is 0 Å². The molecule has 1 aromatic carbocycles. The molecule has 112 valence electrons. The Morgan fingerprint density at radius 3 is 2.33 bits per heavy atom. The Bertz CT molecular complexity index is 558. The van der Waals surface area contributed by atoms with Crippen molar-refractivity contribution in [2.75, 3.05) is 11.1 Å². The number of nitrogen functional groups attached to an aromatic ring is 1. The van der Waals surface area contributed by atoms with E-state index in [1.54, 1.807) is 18.2 Å². The van der Waals surface area contributed by atoms with Crippen LogP contribution in [0, 0.1) is 29.6 Å². The summed E-state index contributed by atoms with van der Waals surface area (Å²) in [5, 5.41) is 3.63. The highest BCUT2D eigenvalue weighted by Crippen LogP contribution is 2.56. The Labute approximate surface area is 130 Å². The van der Waals surface area contributed by atoms with Gasteiger partial charge in [-0.3, -0.25) is 4.79 Å². The standard InChI is InChI=1S/C17H21ClN2O/c18-13-1-2-14(19)15(8-13)20-17(21)16-11-4-9-3-10(6-11)7-12(16)5-9/h1-2,8-12,16H,3-7,19H2,(H,20,21). The molecule has 0 saturated heterocycles. The maximum absolute atomic E-state index is 12.8. The lowest BCUT2D eigenvalue weighted by Gasteiger charge is -2.53. The molecule has 4 fully saturated rings. The number of carbonyl (C=O) groups is 1. The number of anilines is 2. The molecule has 4 aliphatic rings. The van der Waals surface area contributed by atoms with Gasteiger partial charge in [0.2, 0.25) is 5.91 Å². The minimum Gasteiger partial charge on any atom is -0.397 e. The Balaban J connectivity index is 1.54. The summed E-state index contributed by atoms with van der Waals surface area (Å²) in [5.41, 5.74) is 7.17. The Morgan fingerprint density at radius 1 is 1.10 bits per heavy atom. The van der Waals surface area contributed by atoms with Crippen molar-refractivity contribution < 1.29 is 4.79 Å². The first kappa shape index (κ1) is 13.4. The van der Waals surface area contributed by atoms with E-state index in [1.165, 1.54) is 32.1 Å². The molecular formula is C17H21ClN2O. The predicted molar refractivity (Wildman–Crippen MR) is 85.0 cm³/mol. The average molecular weight is 305 g/mol. The maximum Gasteiger partial charge on any atom is 0.228 e. The number of hydrogen-bond donors (Lipinski definition) is 2. The summed E-state index contributed by atoms with van der Waals surface area (Å²) in [6, 6.07) is 5.23. The Kier molecular flexibility index (Phi) is 3.14. The fraction of sp³-hybridized carbons (Fsp3) is 0.588. The highest BCUT2D eigenvalue weighted by molar-refractivity contribution is 6.31. The van der Waals surface area contributed by atoms with Crippen LogP contribution >= 0.6 is 11.6 Å². The van der Waals surface area contributed by atoms with Gasteiger partial charge in [0.1, 0.15) is 0 Å². The van der Waals surface area contributed by atoms with Gasteiger partial charge in [-0.25, -0.2) is 0 Å². The summed E-state index contributed by atoms with van der Waals surface area (Å²) < 4.78 is 0. The number of carbonyl (C=O) groups excluding carboxylic acids is 1. The van der Waals surface area contributed by atoms with Crippen molar-refractivity contribution in [3.63, 3.8) is 0 Å². The van der Waals surface area contributed by atoms with Crippen molar-refractivity contribution in [1.29, 1.82) is 0 Å². The second kappa shape index (κ2) is 4.91. The van der Waals surface area contributed by atoms with Gasteiger partial charge in [-0.05, 0) is 74.0 Å². The zero-order valence-electron chi connectivity index (χ0n) is 12.0. The van der Waals surface area contributed by atoms with Gasteiger partial charge >= 0.3 is 0 Å². The van der Waals surface area contributed by atoms with E-state index in [9.17, 15) is 4.79 Å². The number of hydrogen-bond acceptors (Lipinski definition) is 2. The summed E-state index contributed by atoms with van der Waals surface area (Å²) in [4.78, 5) is 12.8. The number of halogens is 1. The van der Waals surface area contributed by atoms with Crippen molar-refractivity contribution in [2.24, 2.45) is 29.6 Å². The fourth-order valence-electron chi connectivity index (χ4n) is 5.21. The number of nitrogens with two attached hydrogens (primary N) is 1. The molecule has 0 radical (unpaired) electrons. The van der Waals surface area contributed by atoms with Gasteiger partial charge in [0, 0.05) is 10.9 Å². The van der Waals surface area contributed by atoms with Gasteiger partial charge in [-0.2, -0.15) is 0 Å². The van der Waals surface area contributed by atoms with Crippen molar-refractivity contribution in [2.45, 2.75) is 32.1 Å². The lowest BCUT2D eigenvalue weighted by atomic mass is 9.51. The molecule has 4 saturated carbocycles. The van der Waals surface area contributed by atoms with Gasteiger partial charge in [-0.1, -0.05) is 11.6 Å². The summed E-state index contributed by atoms with van der Waals surface area (Å²) in [7, 11) is 0. The fourth-order valence-corrected chi connectivity index (χ4v) is 5.38. The van der Waals surface area contributed by atoms with Crippen LogP contribution in [0.1, 0.15) is 32.1 Å². The summed E-state index contributed by atoms with van der Waals surface area (Å²) >= 11 is 6.00. The van der Waals surface area contributed by atoms with Crippen LogP contribution < -0.4 is 11.1 Å². The van der Waals surface area contributed by atoms with Crippen LogP contribution in [0.4, 0.5) is 11.4 Å². The van der Waals surface area contributed by atoms with Gasteiger partial charge < -0.3 is 11.1 Å². The molecule has 5 rings (SSSR count). The zero-order chi connectivity index (χ0) is 14.6. The molecule has 21 heavy (non-hydrogen) atoms. The van der Waals surface area contributed by atoms with E-state index in [2.05, 4.69) is 5.32 Å². The SMILES string of the molecule is Nc1ccc(Cl)cc1NC(=O)C1C2CC3CC(C2)CC1C3. The molecule has 4 bridgehead atoms. The second-order valence-corrected chi connectivity index (χ2v) is 7.61. The molecule has 0 aromatic heterocycles. The van der Waals surface area contributed by atoms with E-state index < -0.39 is 0 Å². The molecule has 0 heterocycles. The molecule has 1 aromatic rings. The van der Waals surface area contributed by atoms with Crippen LogP contribution in [0.3, 0.4) is 0 Å². The quantitative estimate of drug-likeness (QED) is 0.813. The molecule has 4 heteroatoms. The first-order valence-electron chi connectivity index (χ1n) is 7.96. The molecule has 0 unspecified atom stereocenters. The number of rotatable bonds is 2. The number of nitrogens with one attached hydrogen (secondary N) is 1. The predicted octanol–water partition coefficient (Wildman–Crippen LogP) is 3.93. The third-order valence-electron chi connectivity index (χ3n) is 5.80. The van der Waals surface area contributed by atoms with Crippen molar-refractivity contribution in [3.8, 4) is 0 Å². The third-order valence-corrected chi connectivity index (χ3v) is 6.04. The zero-order valence-corrected chi connectivity index (χ0v) is 12.8. The number of amides is 1. The van der Waals surface area contributed by atoms with E-state index in [0.717, 1.165) is 11.8 Å². The van der Waals surface area contributed by atoms with Crippen LogP contribution in [0.5, 0.6) is 0 Å². The van der Waals surface area contributed by atoms with Crippen LogP contribution in [-0.2, 0) is 4.79 Å². The lowest BCUT2D eigenvalue weighted by molar-refractivity contribution is -0.132. The first-order valence-corrected chi connectivity index (χ1v) is 8.34. The molecule has 3 N–H and O–H groups in total. The number of benzene rings is 1. The second-order valence-electron chi connectivity index (χ2n) is 7.18. The third kappa shape index (κ3) is 2.32. The van der Waals surface area contributed by atoms with Crippen molar-refractivity contribution in [1.82, 2.24) is 0 Å². The topological polar surface area (TPSA) is 55.1 Å². The van der Waals surface area contributed by atoms with Crippen molar-refractivity contribution >= 4 is 28.9 Å². The van der Waals surface area contributed by atoms with E-state index in [1.807, 2.05) is 0 Å². The molecule has 3 nitrogen and oxygen atoms in total. The van der Waals surface area contributed by atoms with Crippen molar-refractivity contribution in [3.05, 3.63) is 23.2 Å². The summed E-state index contributed by atoms with van der Waals surface area (Å²) in [6.45, 7) is 0. The van der Waals surface area contributed by atoms with Gasteiger partial charge in [0.25, 0.3) is 0 Å². The smallest absolute Gasteiger partial charge is 0.228 e. The average Bonchev–Trinajstić information content (AvgIpc) is 2.41. The summed E-state index contributed by atoms with van der Waals surface area (Å²) in [5.74, 6) is 3.26. The minimum absolute atomic E-state index is 0.151. The molecule has 1 amide bonds. The molecule has 0 spiro atoms. The minimum atomic E-state index is 0.151. The normalized spacial score (nSPS) is 36.7. The molecule has 0 atom stereocenters. The lowest BCUT2D eigenvalue weighted by Crippen LogP contribution is -2.49. The van der Waals surface area contributed by atoms with Gasteiger partial charge in [0.05, 0.1) is 11.4 Å².